The number of amides is 1. The van der Waals surface area contributed by atoms with Gasteiger partial charge in [-0.2, -0.15) is 0 Å². The van der Waals surface area contributed by atoms with Crippen molar-refractivity contribution in [3.63, 3.8) is 0 Å². The van der Waals surface area contributed by atoms with Gasteiger partial charge in [-0.05, 0) is 70.3 Å². The molecule has 1 heterocycles. The van der Waals surface area contributed by atoms with Gasteiger partial charge >= 0.3 is 6.09 Å². The van der Waals surface area contributed by atoms with Crippen LogP contribution < -0.4 is 0 Å². The van der Waals surface area contributed by atoms with Crippen molar-refractivity contribution < 1.29 is 9.53 Å². The molecule has 0 saturated carbocycles. The van der Waals surface area contributed by atoms with E-state index in [4.69, 9.17) is 4.74 Å². The Balaban J connectivity index is 1.84. The molecule has 2 rings (SSSR count). The molecule has 0 spiro atoms. The number of nitrogens with zero attached hydrogens (tertiary/aromatic N) is 2. The van der Waals surface area contributed by atoms with Gasteiger partial charge in [-0.25, -0.2) is 4.79 Å². The molecule has 1 saturated heterocycles. The van der Waals surface area contributed by atoms with E-state index in [2.05, 4.69) is 55.0 Å². The zero-order chi connectivity index (χ0) is 16.3. The zero-order valence-electron chi connectivity index (χ0n) is 13.2. The Hall–Kier alpha value is -0.590. The Labute approximate surface area is 149 Å². The van der Waals surface area contributed by atoms with Crippen LogP contribution in [0.15, 0.2) is 27.1 Å². The van der Waals surface area contributed by atoms with E-state index in [0.717, 1.165) is 28.6 Å². The van der Waals surface area contributed by atoms with E-state index in [1.54, 1.807) is 4.90 Å². The molecule has 1 aliphatic rings. The molecule has 1 amide bonds. The molecule has 4 nitrogen and oxygen atoms in total. The van der Waals surface area contributed by atoms with Crippen molar-refractivity contribution in [1.29, 1.82) is 0 Å². The number of carbonyl (C=O) groups excluding carboxylic acids is 1. The molecular formula is C16H22Br2N2O2. The number of benzene rings is 1. The maximum absolute atomic E-state index is 12.0. The molecule has 0 bridgehead atoms. The fraction of sp³-hybridized carbons (Fsp3) is 0.562. The molecule has 1 fully saturated rings. The van der Waals surface area contributed by atoms with E-state index in [1.807, 2.05) is 20.8 Å². The number of hydrogen-bond donors (Lipinski definition) is 0. The smallest absolute Gasteiger partial charge is 0.410 e. The summed E-state index contributed by atoms with van der Waals surface area (Å²) in [4.78, 5) is 16.2. The lowest BCUT2D eigenvalue weighted by molar-refractivity contribution is 0.0139. The van der Waals surface area contributed by atoms with E-state index in [1.165, 1.54) is 5.56 Å². The van der Waals surface area contributed by atoms with Gasteiger partial charge in [0.1, 0.15) is 5.60 Å². The molecule has 0 N–H and O–H groups in total. The number of piperazine rings is 1. The maximum Gasteiger partial charge on any atom is 0.410 e. The van der Waals surface area contributed by atoms with Crippen molar-refractivity contribution in [2.75, 3.05) is 26.2 Å². The first-order chi connectivity index (χ1) is 10.2. The number of carbonyl (C=O) groups is 1. The van der Waals surface area contributed by atoms with Crippen molar-refractivity contribution >= 4 is 38.0 Å². The Morgan fingerprint density at radius 2 is 1.77 bits per heavy atom. The quantitative estimate of drug-likeness (QED) is 0.698. The van der Waals surface area contributed by atoms with Crippen LogP contribution in [0.25, 0.3) is 0 Å². The lowest BCUT2D eigenvalue weighted by Gasteiger charge is -2.35. The first-order valence-electron chi connectivity index (χ1n) is 7.39. The molecule has 0 aromatic heterocycles. The van der Waals surface area contributed by atoms with Gasteiger partial charge in [0.25, 0.3) is 0 Å². The first kappa shape index (κ1) is 17.8. The van der Waals surface area contributed by atoms with Crippen LogP contribution in [0.5, 0.6) is 0 Å². The van der Waals surface area contributed by atoms with Gasteiger partial charge in [0.05, 0.1) is 0 Å². The topological polar surface area (TPSA) is 32.8 Å². The highest BCUT2D eigenvalue weighted by Crippen LogP contribution is 2.24. The molecule has 1 aliphatic heterocycles. The van der Waals surface area contributed by atoms with Gasteiger partial charge in [0.2, 0.25) is 0 Å². The minimum atomic E-state index is -0.433. The maximum atomic E-state index is 12.0. The highest BCUT2D eigenvalue weighted by Gasteiger charge is 2.25. The normalized spacial score (nSPS) is 16.7. The summed E-state index contributed by atoms with van der Waals surface area (Å²) in [6.07, 6.45) is -0.210. The molecule has 0 unspecified atom stereocenters. The zero-order valence-corrected chi connectivity index (χ0v) is 16.4. The molecule has 122 valence electrons. The highest BCUT2D eigenvalue weighted by molar-refractivity contribution is 9.13. The van der Waals surface area contributed by atoms with Crippen molar-refractivity contribution in [2.24, 2.45) is 0 Å². The summed E-state index contributed by atoms with van der Waals surface area (Å²) in [5.74, 6) is 0. The monoisotopic (exact) mass is 432 g/mol. The number of ether oxygens (including phenoxy) is 1. The molecule has 6 heteroatoms. The lowest BCUT2D eigenvalue weighted by atomic mass is 10.2. The Morgan fingerprint density at radius 3 is 2.32 bits per heavy atom. The van der Waals surface area contributed by atoms with Gasteiger partial charge in [-0.1, -0.05) is 6.07 Å². The Morgan fingerprint density at radius 1 is 1.14 bits per heavy atom. The van der Waals surface area contributed by atoms with Gasteiger partial charge in [0.15, 0.2) is 0 Å². The largest absolute Gasteiger partial charge is 0.444 e. The fourth-order valence-electron chi connectivity index (χ4n) is 2.31. The Kier molecular flexibility index (Phi) is 5.91. The van der Waals surface area contributed by atoms with Crippen LogP contribution >= 0.6 is 31.9 Å². The Bertz CT molecular complexity index is 535. The second-order valence-electron chi connectivity index (χ2n) is 6.49. The molecule has 1 aromatic rings. The second kappa shape index (κ2) is 7.32. The minimum absolute atomic E-state index is 0.210. The van der Waals surface area contributed by atoms with Crippen molar-refractivity contribution in [3.8, 4) is 0 Å². The summed E-state index contributed by atoms with van der Waals surface area (Å²) in [7, 11) is 0. The fourth-order valence-corrected chi connectivity index (χ4v) is 2.98. The van der Waals surface area contributed by atoms with E-state index < -0.39 is 5.60 Å². The third-order valence-corrected chi connectivity index (χ3v) is 5.29. The van der Waals surface area contributed by atoms with E-state index >= 15 is 0 Å². The standard InChI is InChI=1S/C16H22Br2N2O2/c1-16(2,3)22-15(21)20-8-6-19(7-9-20)11-12-4-5-13(17)14(18)10-12/h4-5,10H,6-9,11H2,1-3H3. The predicted molar refractivity (Wildman–Crippen MR) is 94.9 cm³/mol. The van der Waals surface area contributed by atoms with E-state index in [9.17, 15) is 4.79 Å². The predicted octanol–water partition coefficient (Wildman–Crippen LogP) is 4.26. The summed E-state index contributed by atoms with van der Waals surface area (Å²) < 4.78 is 7.54. The molecule has 0 aliphatic carbocycles. The van der Waals surface area contributed by atoms with Gasteiger partial charge < -0.3 is 9.64 Å². The number of hydrogen-bond acceptors (Lipinski definition) is 3. The van der Waals surface area contributed by atoms with Crippen LogP contribution in [0.4, 0.5) is 4.79 Å². The number of halogens is 2. The van der Waals surface area contributed by atoms with Crippen LogP contribution in [0, 0.1) is 0 Å². The lowest BCUT2D eigenvalue weighted by Crippen LogP contribution is -2.49. The van der Waals surface area contributed by atoms with Crippen LogP contribution in [-0.4, -0.2) is 47.7 Å². The van der Waals surface area contributed by atoms with E-state index in [-0.39, 0.29) is 6.09 Å². The third kappa shape index (κ3) is 5.25. The third-order valence-electron chi connectivity index (χ3n) is 3.41. The molecular weight excluding hydrogens is 412 g/mol. The van der Waals surface area contributed by atoms with Crippen molar-refractivity contribution in [1.82, 2.24) is 9.80 Å². The van der Waals surface area contributed by atoms with E-state index in [0.29, 0.717) is 13.1 Å². The summed E-state index contributed by atoms with van der Waals surface area (Å²) in [6.45, 7) is 9.75. The van der Waals surface area contributed by atoms with Crippen molar-refractivity contribution in [3.05, 3.63) is 32.7 Å². The van der Waals surface area contributed by atoms with Crippen molar-refractivity contribution in [2.45, 2.75) is 32.9 Å². The molecule has 0 atom stereocenters. The van der Waals surface area contributed by atoms with Gasteiger partial charge in [-0.15, -0.1) is 0 Å². The van der Waals surface area contributed by atoms with Crippen LogP contribution in [0.1, 0.15) is 26.3 Å². The molecule has 22 heavy (non-hydrogen) atoms. The second-order valence-corrected chi connectivity index (χ2v) is 8.20. The molecule has 1 aromatic carbocycles. The summed E-state index contributed by atoms with van der Waals surface area (Å²) in [5.41, 5.74) is 0.832. The summed E-state index contributed by atoms with van der Waals surface area (Å²) in [6, 6.07) is 6.30. The minimum Gasteiger partial charge on any atom is -0.444 e. The SMILES string of the molecule is CC(C)(C)OC(=O)N1CCN(Cc2ccc(Br)c(Br)c2)CC1. The first-order valence-corrected chi connectivity index (χ1v) is 8.97. The average Bonchev–Trinajstić information content (AvgIpc) is 2.42. The highest BCUT2D eigenvalue weighted by atomic mass is 79.9. The van der Waals surface area contributed by atoms with Gasteiger partial charge in [-0.3, -0.25) is 4.90 Å². The summed E-state index contributed by atoms with van der Waals surface area (Å²) >= 11 is 7.02. The molecule has 0 radical (unpaired) electrons. The van der Waals surface area contributed by atoms with Crippen LogP contribution in [0.3, 0.4) is 0 Å². The van der Waals surface area contributed by atoms with Crippen LogP contribution in [-0.2, 0) is 11.3 Å². The summed E-state index contributed by atoms with van der Waals surface area (Å²) in [5, 5.41) is 0. The average molecular weight is 434 g/mol. The number of rotatable bonds is 2. The van der Waals surface area contributed by atoms with Gasteiger partial charge in [0, 0.05) is 41.7 Å². The van der Waals surface area contributed by atoms with Crippen LogP contribution in [0.2, 0.25) is 0 Å².